The fourth-order valence-corrected chi connectivity index (χ4v) is 2.03. The quantitative estimate of drug-likeness (QED) is 0.702. The molecule has 0 unspecified atom stereocenters. The lowest BCUT2D eigenvalue weighted by molar-refractivity contribution is -0.143. The van der Waals surface area contributed by atoms with E-state index in [1.165, 1.54) is 24.3 Å². The molecule has 0 atom stereocenters. The average Bonchev–Trinajstić information content (AvgIpc) is 2.28. The van der Waals surface area contributed by atoms with Crippen LogP contribution in [-0.2, 0) is 25.4 Å². The maximum absolute atomic E-state index is 11.4. The zero-order valence-electron chi connectivity index (χ0n) is 9.16. The Kier molecular flexibility index (Phi) is 4.79. The summed E-state index contributed by atoms with van der Waals surface area (Å²) in [4.78, 5) is 16.1. The van der Waals surface area contributed by atoms with Gasteiger partial charge in [0, 0.05) is 0 Å². The van der Waals surface area contributed by atoms with E-state index in [1.807, 2.05) is 6.07 Å². The Hall–Kier alpha value is -1.95. The van der Waals surface area contributed by atoms with Crippen LogP contribution >= 0.6 is 0 Å². The van der Waals surface area contributed by atoms with Crippen molar-refractivity contribution in [2.75, 3.05) is 6.61 Å². The molecule has 1 aromatic rings. The zero-order chi connectivity index (χ0) is 13.6. The predicted octanol–water partition coefficient (Wildman–Crippen LogP) is -0.00612. The minimum Gasteiger partial charge on any atom is -0.479 e. The maximum atomic E-state index is 11.4. The lowest BCUT2D eigenvalue weighted by Crippen LogP contribution is -2.27. The molecule has 18 heavy (non-hydrogen) atoms. The molecule has 0 radical (unpaired) electrons. The van der Waals surface area contributed by atoms with Crippen LogP contribution < -0.4 is 4.89 Å². The molecule has 96 valence electrons. The summed E-state index contributed by atoms with van der Waals surface area (Å²) in [5, 5.41) is 16.8. The second kappa shape index (κ2) is 6.11. The van der Waals surface area contributed by atoms with Crippen molar-refractivity contribution in [3.8, 4) is 6.07 Å². The highest BCUT2D eigenvalue weighted by molar-refractivity contribution is 7.88. The fourth-order valence-electron chi connectivity index (χ4n) is 1.11. The molecule has 0 saturated heterocycles. The van der Waals surface area contributed by atoms with Crippen LogP contribution in [0.25, 0.3) is 0 Å². The summed E-state index contributed by atoms with van der Waals surface area (Å²) in [6.45, 7) is -0.757. The van der Waals surface area contributed by atoms with Gasteiger partial charge in [0.15, 0.2) is 6.61 Å². The van der Waals surface area contributed by atoms with E-state index < -0.39 is 22.6 Å². The first-order chi connectivity index (χ1) is 8.43. The maximum Gasteiger partial charge on any atom is 0.331 e. The number of rotatable bonds is 6. The largest absolute Gasteiger partial charge is 0.479 e. The van der Waals surface area contributed by atoms with E-state index in [0.29, 0.717) is 11.1 Å². The van der Waals surface area contributed by atoms with Crippen molar-refractivity contribution in [1.29, 1.82) is 5.26 Å². The van der Waals surface area contributed by atoms with Crippen LogP contribution in [0.1, 0.15) is 11.1 Å². The Morgan fingerprint density at radius 2 is 2.00 bits per heavy atom. The molecule has 0 amide bonds. The first kappa shape index (κ1) is 14.1. The van der Waals surface area contributed by atoms with Crippen LogP contribution in [-0.4, -0.2) is 26.1 Å². The molecule has 0 saturated carbocycles. The Morgan fingerprint density at radius 3 is 2.50 bits per heavy atom. The normalized spacial score (nSPS) is 10.8. The van der Waals surface area contributed by atoms with Gasteiger partial charge in [-0.1, -0.05) is 17.0 Å². The van der Waals surface area contributed by atoms with Gasteiger partial charge in [-0.15, -0.1) is 0 Å². The van der Waals surface area contributed by atoms with Gasteiger partial charge in [0.1, 0.15) is 0 Å². The van der Waals surface area contributed by atoms with Crippen molar-refractivity contribution in [2.24, 2.45) is 0 Å². The second-order valence-corrected chi connectivity index (χ2v) is 5.02. The first-order valence-electron chi connectivity index (χ1n) is 4.75. The number of hydrogen-bond donors (Lipinski definition) is 2. The van der Waals surface area contributed by atoms with Gasteiger partial charge in [-0.25, -0.2) is 13.2 Å². The SMILES string of the molecule is N#Cc1ccc(CS(=O)(=O)NOCC(=O)O)cc1. The summed E-state index contributed by atoms with van der Waals surface area (Å²) < 4.78 is 22.9. The molecule has 0 aromatic heterocycles. The Bertz CT molecular complexity index is 559. The van der Waals surface area contributed by atoms with E-state index in [4.69, 9.17) is 10.4 Å². The molecular formula is C10H10N2O5S. The highest BCUT2D eigenvalue weighted by Crippen LogP contribution is 2.07. The van der Waals surface area contributed by atoms with Crippen molar-refractivity contribution < 1.29 is 23.2 Å². The topological polar surface area (TPSA) is 116 Å². The fraction of sp³-hybridized carbons (Fsp3) is 0.200. The van der Waals surface area contributed by atoms with Gasteiger partial charge in [0.2, 0.25) is 10.0 Å². The van der Waals surface area contributed by atoms with Crippen LogP contribution in [0.5, 0.6) is 0 Å². The average molecular weight is 270 g/mol. The highest BCUT2D eigenvalue weighted by Gasteiger charge is 2.12. The van der Waals surface area contributed by atoms with Gasteiger partial charge in [0.05, 0.1) is 17.4 Å². The number of benzene rings is 1. The molecule has 8 heteroatoms. The summed E-state index contributed by atoms with van der Waals surface area (Å²) in [6, 6.07) is 7.88. The Balaban J connectivity index is 2.59. The van der Waals surface area contributed by atoms with Crippen LogP contribution in [0.2, 0.25) is 0 Å². The van der Waals surface area contributed by atoms with Gasteiger partial charge < -0.3 is 5.11 Å². The third-order valence-electron chi connectivity index (χ3n) is 1.82. The summed E-state index contributed by atoms with van der Waals surface area (Å²) in [7, 11) is -3.77. The zero-order valence-corrected chi connectivity index (χ0v) is 9.98. The van der Waals surface area contributed by atoms with Gasteiger partial charge in [-0.2, -0.15) is 5.26 Å². The summed E-state index contributed by atoms with van der Waals surface area (Å²) in [6.07, 6.45) is 0. The molecule has 0 heterocycles. The lowest BCUT2D eigenvalue weighted by Gasteiger charge is -2.05. The number of nitrogens with one attached hydrogen (secondary N) is 1. The molecule has 0 fully saturated rings. The van der Waals surface area contributed by atoms with E-state index in [-0.39, 0.29) is 5.75 Å². The molecular weight excluding hydrogens is 260 g/mol. The smallest absolute Gasteiger partial charge is 0.331 e. The molecule has 1 aromatic carbocycles. The van der Waals surface area contributed by atoms with E-state index >= 15 is 0 Å². The molecule has 0 bridgehead atoms. The number of carbonyl (C=O) groups is 1. The van der Waals surface area contributed by atoms with Crippen molar-refractivity contribution >= 4 is 16.0 Å². The number of carboxylic acid groups (broad SMARTS) is 1. The number of aliphatic carboxylic acids is 1. The minimum absolute atomic E-state index is 0.363. The number of nitriles is 1. The lowest BCUT2D eigenvalue weighted by atomic mass is 10.2. The van der Waals surface area contributed by atoms with Gasteiger partial charge in [0.25, 0.3) is 0 Å². The van der Waals surface area contributed by atoms with Crippen molar-refractivity contribution in [3.05, 3.63) is 35.4 Å². The monoisotopic (exact) mass is 270 g/mol. The third-order valence-corrected chi connectivity index (χ3v) is 2.91. The Labute approximate surface area is 104 Å². The van der Waals surface area contributed by atoms with Crippen molar-refractivity contribution in [2.45, 2.75) is 5.75 Å². The van der Waals surface area contributed by atoms with Crippen LogP contribution in [0.15, 0.2) is 24.3 Å². The van der Waals surface area contributed by atoms with Gasteiger partial charge >= 0.3 is 5.97 Å². The van der Waals surface area contributed by atoms with Crippen LogP contribution in [0.3, 0.4) is 0 Å². The summed E-state index contributed by atoms with van der Waals surface area (Å²) in [5.74, 6) is -1.64. The number of carboxylic acids is 1. The number of hydrogen-bond acceptors (Lipinski definition) is 5. The van der Waals surface area contributed by atoms with Crippen molar-refractivity contribution in [3.63, 3.8) is 0 Å². The molecule has 0 spiro atoms. The molecule has 7 nitrogen and oxygen atoms in total. The summed E-state index contributed by atoms with van der Waals surface area (Å²) in [5.41, 5.74) is 0.881. The van der Waals surface area contributed by atoms with E-state index in [9.17, 15) is 13.2 Å². The number of sulfonamides is 1. The van der Waals surface area contributed by atoms with E-state index in [0.717, 1.165) is 0 Å². The molecule has 2 N–H and O–H groups in total. The van der Waals surface area contributed by atoms with E-state index in [2.05, 4.69) is 4.84 Å². The predicted molar refractivity (Wildman–Crippen MR) is 60.5 cm³/mol. The van der Waals surface area contributed by atoms with Crippen LogP contribution in [0.4, 0.5) is 0 Å². The second-order valence-electron chi connectivity index (χ2n) is 3.33. The molecule has 0 aliphatic rings. The highest BCUT2D eigenvalue weighted by atomic mass is 32.2. The summed E-state index contributed by atoms with van der Waals surface area (Å²) >= 11 is 0. The standard InChI is InChI=1S/C10H10N2O5S/c11-5-8-1-3-9(4-2-8)7-18(15,16)12-17-6-10(13)14/h1-4,12H,6-7H2,(H,13,14). The molecule has 0 aliphatic carbocycles. The molecule has 0 aliphatic heterocycles. The Morgan fingerprint density at radius 1 is 1.39 bits per heavy atom. The van der Waals surface area contributed by atoms with Crippen molar-refractivity contribution in [1.82, 2.24) is 4.89 Å². The van der Waals surface area contributed by atoms with E-state index in [1.54, 1.807) is 4.89 Å². The minimum atomic E-state index is -3.77. The van der Waals surface area contributed by atoms with Gasteiger partial charge in [-0.3, -0.25) is 4.84 Å². The molecule has 1 rings (SSSR count). The van der Waals surface area contributed by atoms with Crippen LogP contribution in [0, 0.1) is 11.3 Å². The first-order valence-corrected chi connectivity index (χ1v) is 6.40. The van der Waals surface area contributed by atoms with Gasteiger partial charge in [-0.05, 0) is 17.7 Å². The number of nitrogens with zero attached hydrogens (tertiary/aromatic N) is 1. The third kappa shape index (κ3) is 4.92.